The molecule has 6 nitrogen and oxygen atoms in total. The van der Waals surface area contributed by atoms with Gasteiger partial charge in [0.2, 0.25) is 10.0 Å². The molecule has 144 valence electrons. The first-order chi connectivity index (χ1) is 12.4. The number of ether oxygens (including phenoxy) is 1. The number of hydrogen-bond acceptors (Lipinski definition) is 4. The number of benzene rings is 1. The standard InChI is InChI=1S/C19H28N2O4S/c1-15-7-6-12-21(14-15)26(23,24)16-8-9-18(25-2)17(13-16)19(22)20-10-4-3-5-11-20/h8-9,13,15H,3-7,10-12,14H2,1-2H3. The summed E-state index contributed by atoms with van der Waals surface area (Å²) in [5.41, 5.74) is 0.334. The number of likely N-dealkylation sites (tertiary alicyclic amines) is 1. The van der Waals surface area contributed by atoms with Gasteiger partial charge < -0.3 is 9.64 Å². The lowest BCUT2D eigenvalue weighted by atomic mass is 10.0. The number of methoxy groups -OCH3 is 1. The maximum Gasteiger partial charge on any atom is 0.257 e. The molecule has 3 rings (SSSR count). The van der Waals surface area contributed by atoms with Crippen LogP contribution < -0.4 is 4.74 Å². The summed E-state index contributed by atoms with van der Waals surface area (Å²) < 4.78 is 33.0. The highest BCUT2D eigenvalue weighted by Gasteiger charge is 2.30. The summed E-state index contributed by atoms with van der Waals surface area (Å²) in [7, 11) is -2.10. The lowest BCUT2D eigenvalue weighted by Crippen LogP contribution is -2.39. The van der Waals surface area contributed by atoms with Crippen LogP contribution in [0.4, 0.5) is 0 Å². The molecule has 0 aliphatic carbocycles. The number of nitrogens with zero attached hydrogens (tertiary/aromatic N) is 2. The fourth-order valence-corrected chi connectivity index (χ4v) is 5.42. The number of sulfonamides is 1. The van der Waals surface area contributed by atoms with E-state index in [0.717, 1.165) is 32.1 Å². The second kappa shape index (κ2) is 7.96. The molecule has 0 N–H and O–H groups in total. The molecule has 2 aliphatic rings. The first kappa shape index (κ1) is 19.2. The molecule has 1 aromatic carbocycles. The highest BCUT2D eigenvalue weighted by molar-refractivity contribution is 7.89. The van der Waals surface area contributed by atoms with Crippen LogP contribution in [0.3, 0.4) is 0 Å². The van der Waals surface area contributed by atoms with Gasteiger partial charge in [-0.2, -0.15) is 4.31 Å². The Morgan fingerprint density at radius 2 is 1.85 bits per heavy atom. The summed E-state index contributed by atoms with van der Waals surface area (Å²) in [4.78, 5) is 14.9. The molecule has 0 spiro atoms. The van der Waals surface area contributed by atoms with E-state index in [1.807, 2.05) is 0 Å². The summed E-state index contributed by atoms with van der Waals surface area (Å²) in [6.45, 7) is 4.56. The molecule has 2 heterocycles. The van der Waals surface area contributed by atoms with E-state index in [0.29, 0.717) is 43.4 Å². The summed E-state index contributed by atoms with van der Waals surface area (Å²) in [6, 6.07) is 4.63. The molecule has 0 radical (unpaired) electrons. The molecule has 2 aliphatic heterocycles. The fraction of sp³-hybridized carbons (Fsp3) is 0.632. The van der Waals surface area contributed by atoms with Crippen LogP contribution in [-0.2, 0) is 10.0 Å². The van der Waals surface area contributed by atoms with Crippen molar-refractivity contribution >= 4 is 15.9 Å². The van der Waals surface area contributed by atoms with Crippen LogP contribution in [-0.4, -0.2) is 56.8 Å². The van der Waals surface area contributed by atoms with E-state index >= 15 is 0 Å². The minimum absolute atomic E-state index is 0.148. The lowest BCUT2D eigenvalue weighted by Gasteiger charge is -2.30. The van der Waals surface area contributed by atoms with E-state index in [1.165, 1.54) is 17.5 Å². The highest BCUT2D eigenvalue weighted by Crippen LogP contribution is 2.29. The van der Waals surface area contributed by atoms with E-state index in [-0.39, 0.29) is 10.8 Å². The molecule has 1 aromatic rings. The fourth-order valence-electron chi connectivity index (χ4n) is 3.80. The van der Waals surface area contributed by atoms with Crippen LogP contribution in [0.5, 0.6) is 5.75 Å². The molecule has 7 heteroatoms. The van der Waals surface area contributed by atoms with Crippen molar-refractivity contribution in [1.29, 1.82) is 0 Å². The Hall–Kier alpha value is -1.60. The highest BCUT2D eigenvalue weighted by atomic mass is 32.2. The zero-order chi connectivity index (χ0) is 18.7. The minimum atomic E-state index is -3.60. The monoisotopic (exact) mass is 380 g/mol. The molecule has 0 bridgehead atoms. The molecule has 26 heavy (non-hydrogen) atoms. The zero-order valence-corrected chi connectivity index (χ0v) is 16.4. The molecule has 2 fully saturated rings. The summed E-state index contributed by atoms with van der Waals surface area (Å²) in [5, 5.41) is 0. The number of amides is 1. The Kier molecular flexibility index (Phi) is 5.87. The van der Waals surface area contributed by atoms with Crippen LogP contribution in [0.2, 0.25) is 0 Å². The molecular formula is C19H28N2O4S. The predicted octanol–water partition coefficient (Wildman–Crippen LogP) is 2.74. The average Bonchev–Trinajstić information content (AvgIpc) is 2.67. The van der Waals surface area contributed by atoms with Crippen molar-refractivity contribution in [3.05, 3.63) is 23.8 Å². The van der Waals surface area contributed by atoms with E-state index in [9.17, 15) is 13.2 Å². The van der Waals surface area contributed by atoms with Crippen LogP contribution in [0.25, 0.3) is 0 Å². The maximum atomic E-state index is 13.0. The van der Waals surface area contributed by atoms with Crippen molar-refractivity contribution in [2.75, 3.05) is 33.3 Å². The van der Waals surface area contributed by atoms with E-state index < -0.39 is 10.0 Å². The summed E-state index contributed by atoms with van der Waals surface area (Å²) in [5.74, 6) is 0.628. The number of carbonyl (C=O) groups is 1. The summed E-state index contributed by atoms with van der Waals surface area (Å²) in [6.07, 6.45) is 5.02. The van der Waals surface area contributed by atoms with Gasteiger partial charge in [-0.05, 0) is 56.2 Å². The predicted molar refractivity (Wildman–Crippen MR) is 99.9 cm³/mol. The molecule has 1 unspecified atom stereocenters. The minimum Gasteiger partial charge on any atom is -0.496 e. The quantitative estimate of drug-likeness (QED) is 0.806. The van der Waals surface area contributed by atoms with Crippen molar-refractivity contribution in [2.45, 2.75) is 43.9 Å². The van der Waals surface area contributed by atoms with Gasteiger partial charge in [-0.25, -0.2) is 8.42 Å². The van der Waals surface area contributed by atoms with Gasteiger partial charge in [0.15, 0.2) is 0 Å². The van der Waals surface area contributed by atoms with Crippen LogP contribution >= 0.6 is 0 Å². The van der Waals surface area contributed by atoms with Crippen molar-refractivity contribution in [3.63, 3.8) is 0 Å². The van der Waals surface area contributed by atoms with E-state index in [4.69, 9.17) is 4.74 Å². The second-order valence-corrected chi connectivity index (χ2v) is 9.26. The third-order valence-electron chi connectivity index (χ3n) is 5.30. The molecule has 1 amide bonds. The molecular weight excluding hydrogens is 352 g/mol. The van der Waals surface area contributed by atoms with Crippen molar-refractivity contribution in [3.8, 4) is 5.75 Å². The molecule has 1 atom stereocenters. The van der Waals surface area contributed by atoms with Crippen molar-refractivity contribution in [1.82, 2.24) is 9.21 Å². The van der Waals surface area contributed by atoms with Gasteiger partial charge in [-0.15, -0.1) is 0 Å². The number of rotatable bonds is 4. The first-order valence-electron chi connectivity index (χ1n) is 9.41. The van der Waals surface area contributed by atoms with Gasteiger partial charge in [-0.1, -0.05) is 6.92 Å². The number of carbonyl (C=O) groups excluding carboxylic acids is 1. The Morgan fingerprint density at radius 3 is 2.50 bits per heavy atom. The number of hydrogen-bond donors (Lipinski definition) is 0. The topological polar surface area (TPSA) is 66.9 Å². The largest absolute Gasteiger partial charge is 0.496 e. The Bertz CT molecular complexity index is 757. The van der Waals surface area contributed by atoms with Gasteiger partial charge >= 0.3 is 0 Å². The third-order valence-corrected chi connectivity index (χ3v) is 7.16. The maximum absolute atomic E-state index is 13.0. The van der Waals surface area contributed by atoms with Gasteiger partial charge in [-0.3, -0.25) is 4.79 Å². The summed E-state index contributed by atoms with van der Waals surface area (Å²) >= 11 is 0. The number of piperidine rings is 2. The van der Waals surface area contributed by atoms with E-state index in [2.05, 4.69) is 6.92 Å². The Balaban J connectivity index is 1.92. The third kappa shape index (κ3) is 3.88. The molecule has 0 saturated carbocycles. The molecule has 0 aromatic heterocycles. The van der Waals surface area contributed by atoms with Gasteiger partial charge in [0.05, 0.1) is 17.6 Å². The van der Waals surface area contributed by atoms with Gasteiger partial charge in [0.1, 0.15) is 5.75 Å². The van der Waals surface area contributed by atoms with Gasteiger partial charge in [0, 0.05) is 26.2 Å². The van der Waals surface area contributed by atoms with Crippen LogP contribution in [0, 0.1) is 5.92 Å². The first-order valence-corrected chi connectivity index (χ1v) is 10.8. The van der Waals surface area contributed by atoms with Crippen LogP contribution in [0.1, 0.15) is 49.4 Å². The Morgan fingerprint density at radius 1 is 1.12 bits per heavy atom. The smallest absolute Gasteiger partial charge is 0.257 e. The Labute approximate surface area is 156 Å². The van der Waals surface area contributed by atoms with E-state index in [1.54, 1.807) is 17.0 Å². The second-order valence-electron chi connectivity index (χ2n) is 7.33. The SMILES string of the molecule is COc1ccc(S(=O)(=O)N2CCCC(C)C2)cc1C(=O)N1CCCCC1. The van der Waals surface area contributed by atoms with Crippen LogP contribution in [0.15, 0.2) is 23.1 Å². The average molecular weight is 381 g/mol. The lowest BCUT2D eigenvalue weighted by molar-refractivity contribution is 0.0720. The van der Waals surface area contributed by atoms with Gasteiger partial charge in [0.25, 0.3) is 5.91 Å². The van der Waals surface area contributed by atoms with Crippen molar-refractivity contribution in [2.24, 2.45) is 5.92 Å². The normalized spacial score (nSPS) is 22.2. The zero-order valence-electron chi connectivity index (χ0n) is 15.6. The van der Waals surface area contributed by atoms with Crippen molar-refractivity contribution < 1.29 is 17.9 Å². The molecule has 2 saturated heterocycles.